The van der Waals surface area contributed by atoms with Gasteiger partial charge in [-0.1, -0.05) is 30.3 Å². The van der Waals surface area contributed by atoms with Crippen LogP contribution in [0.1, 0.15) is 5.69 Å². The zero-order valence-electron chi connectivity index (χ0n) is 13.3. The number of rotatable bonds is 3. The van der Waals surface area contributed by atoms with E-state index in [0.29, 0.717) is 22.9 Å². The first kappa shape index (κ1) is 15.1. The fourth-order valence-electron chi connectivity index (χ4n) is 2.52. The van der Waals surface area contributed by atoms with Gasteiger partial charge >= 0.3 is 0 Å². The molecule has 25 heavy (non-hydrogen) atoms. The third kappa shape index (κ3) is 2.87. The molecule has 0 aliphatic rings. The molecule has 2 heterocycles. The van der Waals surface area contributed by atoms with Crippen LogP contribution in [0, 0.1) is 12.7 Å². The van der Waals surface area contributed by atoms with Crippen molar-refractivity contribution in [2.75, 3.05) is 0 Å². The fourth-order valence-corrected chi connectivity index (χ4v) is 2.52. The predicted molar refractivity (Wildman–Crippen MR) is 90.3 cm³/mol. The van der Waals surface area contributed by atoms with Crippen LogP contribution in [0.4, 0.5) is 4.39 Å². The van der Waals surface area contributed by atoms with E-state index in [1.54, 1.807) is 18.3 Å². The Kier molecular flexibility index (Phi) is 3.74. The molecule has 4 rings (SSSR count). The van der Waals surface area contributed by atoms with Crippen LogP contribution in [0.25, 0.3) is 28.5 Å². The first-order valence-corrected chi connectivity index (χ1v) is 7.66. The molecule has 0 bridgehead atoms. The molecule has 0 aliphatic carbocycles. The van der Waals surface area contributed by atoms with E-state index in [9.17, 15) is 4.39 Å². The summed E-state index contributed by atoms with van der Waals surface area (Å²) in [5, 5.41) is 11.8. The van der Waals surface area contributed by atoms with Gasteiger partial charge in [0.15, 0.2) is 11.6 Å². The topological polar surface area (TPSA) is 69.4 Å². The van der Waals surface area contributed by atoms with Gasteiger partial charge in [-0.15, -0.1) is 5.10 Å². The maximum absolute atomic E-state index is 13.1. The Morgan fingerprint density at radius 1 is 0.960 bits per heavy atom. The molecule has 0 amide bonds. The largest absolute Gasteiger partial charge is 0.236 e. The molecular weight excluding hydrogens is 319 g/mol. The van der Waals surface area contributed by atoms with Gasteiger partial charge in [0.2, 0.25) is 0 Å². The van der Waals surface area contributed by atoms with Crippen LogP contribution >= 0.6 is 0 Å². The molecule has 0 unspecified atom stereocenters. The van der Waals surface area contributed by atoms with E-state index in [2.05, 4.69) is 25.5 Å². The van der Waals surface area contributed by atoms with Gasteiger partial charge in [0.05, 0.1) is 16.9 Å². The minimum absolute atomic E-state index is 0.315. The van der Waals surface area contributed by atoms with Crippen molar-refractivity contribution in [3.05, 3.63) is 72.3 Å². The van der Waals surface area contributed by atoms with E-state index in [4.69, 9.17) is 0 Å². The number of aryl methyl sites for hydroxylation is 1. The lowest BCUT2D eigenvalue weighted by Gasteiger charge is -2.08. The maximum Gasteiger partial charge on any atom is 0.190 e. The lowest BCUT2D eigenvalue weighted by molar-refractivity contribution is 0.627. The van der Waals surface area contributed by atoms with Crippen molar-refractivity contribution in [1.29, 1.82) is 0 Å². The van der Waals surface area contributed by atoms with Crippen molar-refractivity contribution < 1.29 is 4.39 Å². The Morgan fingerprint density at radius 3 is 2.44 bits per heavy atom. The Balaban J connectivity index is 1.76. The van der Waals surface area contributed by atoms with Gasteiger partial charge in [0.25, 0.3) is 0 Å². The molecule has 6 nitrogen and oxygen atoms in total. The van der Waals surface area contributed by atoms with Gasteiger partial charge in [-0.2, -0.15) is 4.68 Å². The third-order valence-electron chi connectivity index (χ3n) is 3.79. The Hall–Kier alpha value is -3.48. The molecule has 0 saturated heterocycles. The molecule has 0 atom stereocenters. The van der Waals surface area contributed by atoms with Crippen molar-refractivity contribution in [3.8, 4) is 28.5 Å². The minimum Gasteiger partial charge on any atom is -0.236 e. The maximum atomic E-state index is 13.1. The van der Waals surface area contributed by atoms with E-state index < -0.39 is 0 Å². The molecule has 122 valence electrons. The molecular formula is C18H13FN6. The van der Waals surface area contributed by atoms with Crippen LogP contribution in [-0.2, 0) is 0 Å². The van der Waals surface area contributed by atoms with Crippen LogP contribution in [0.3, 0.4) is 0 Å². The highest BCUT2D eigenvalue weighted by Gasteiger charge is 2.15. The highest BCUT2D eigenvalue weighted by atomic mass is 19.1. The molecule has 0 fully saturated rings. The van der Waals surface area contributed by atoms with E-state index in [0.717, 1.165) is 11.3 Å². The van der Waals surface area contributed by atoms with Crippen molar-refractivity contribution in [3.63, 3.8) is 0 Å². The van der Waals surface area contributed by atoms with E-state index in [-0.39, 0.29) is 5.82 Å². The lowest BCUT2D eigenvalue weighted by atomic mass is 10.2. The summed E-state index contributed by atoms with van der Waals surface area (Å²) in [5.74, 6) is 0.830. The first-order chi connectivity index (χ1) is 12.2. The van der Waals surface area contributed by atoms with Crippen molar-refractivity contribution in [1.82, 2.24) is 30.2 Å². The minimum atomic E-state index is -0.315. The number of benzene rings is 2. The van der Waals surface area contributed by atoms with Crippen LogP contribution < -0.4 is 0 Å². The Bertz CT molecular complexity index is 1010. The number of halogens is 1. The molecule has 0 N–H and O–H groups in total. The average molecular weight is 332 g/mol. The highest BCUT2D eigenvalue weighted by Crippen LogP contribution is 2.23. The number of tetrazole rings is 1. The van der Waals surface area contributed by atoms with Gasteiger partial charge < -0.3 is 0 Å². The molecule has 0 spiro atoms. The monoisotopic (exact) mass is 332 g/mol. The third-order valence-corrected chi connectivity index (χ3v) is 3.79. The molecule has 0 saturated carbocycles. The second kappa shape index (κ2) is 6.20. The quantitative estimate of drug-likeness (QED) is 0.576. The van der Waals surface area contributed by atoms with E-state index >= 15 is 0 Å². The zero-order valence-corrected chi connectivity index (χ0v) is 13.3. The summed E-state index contributed by atoms with van der Waals surface area (Å²) in [6, 6.07) is 15.7. The fraction of sp³-hybridized carbons (Fsp3) is 0.0556. The summed E-state index contributed by atoms with van der Waals surface area (Å²) in [6.45, 7) is 1.88. The first-order valence-electron chi connectivity index (χ1n) is 7.66. The van der Waals surface area contributed by atoms with Crippen LogP contribution in [0.5, 0.6) is 0 Å². The Labute approximate surface area is 143 Å². The highest BCUT2D eigenvalue weighted by molar-refractivity contribution is 5.62. The second-order valence-electron chi connectivity index (χ2n) is 5.45. The summed E-state index contributed by atoms with van der Waals surface area (Å²) < 4.78 is 14.7. The number of nitrogens with zero attached hydrogens (tertiary/aromatic N) is 6. The number of hydrogen-bond acceptors (Lipinski definition) is 5. The van der Waals surface area contributed by atoms with Gasteiger partial charge in [0, 0.05) is 11.8 Å². The van der Waals surface area contributed by atoms with Crippen LogP contribution in [0.15, 0.2) is 60.8 Å². The van der Waals surface area contributed by atoms with Gasteiger partial charge in [0.1, 0.15) is 5.82 Å². The normalized spacial score (nSPS) is 10.8. The Morgan fingerprint density at radius 2 is 1.72 bits per heavy atom. The van der Waals surface area contributed by atoms with Crippen LogP contribution in [-0.4, -0.2) is 30.2 Å². The van der Waals surface area contributed by atoms with Crippen molar-refractivity contribution in [2.45, 2.75) is 6.92 Å². The summed E-state index contributed by atoms with van der Waals surface area (Å²) in [4.78, 5) is 9.00. The van der Waals surface area contributed by atoms with Gasteiger partial charge in [-0.3, -0.25) is 0 Å². The standard InChI is InChI=1S/C18H13FN6/c1-12-16(11-20-17(21-12)13-5-3-2-4-6-13)18-22-23-24-25(18)15-9-7-14(19)8-10-15/h2-11H,1H3. The lowest BCUT2D eigenvalue weighted by Crippen LogP contribution is -2.03. The van der Waals surface area contributed by atoms with E-state index in [1.165, 1.54) is 16.8 Å². The molecule has 7 heteroatoms. The summed E-state index contributed by atoms with van der Waals surface area (Å²) in [7, 11) is 0. The summed E-state index contributed by atoms with van der Waals surface area (Å²) in [5.41, 5.74) is 3.07. The van der Waals surface area contributed by atoms with Crippen molar-refractivity contribution in [2.24, 2.45) is 0 Å². The zero-order chi connectivity index (χ0) is 17.2. The summed E-state index contributed by atoms with van der Waals surface area (Å²) in [6.07, 6.45) is 1.70. The number of hydrogen-bond donors (Lipinski definition) is 0. The smallest absolute Gasteiger partial charge is 0.190 e. The molecule has 0 aliphatic heterocycles. The predicted octanol–water partition coefficient (Wildman–Crippen LogP) is 3.23. The average Bonchev–Trinajstić information content (AvgIpc) is 3.12. The molecule has 2 aromatic heterocycles. The number of aromatic nitrogens is 6. The van der Waals surface area contributed by atoms with Crippen LogP contribution in [0.2, 0.25) is 0 Å². The SMILES string of the molecule is Cc1nc(-c2ccccc2)ncc1-c1nnnn1-c1ccc(F)cc1. The van der Waals surface area contributed by atoms with Gasteiger partial charge in [-0.25, -0.2) is 14.4 Å². The second-order valence-corrected chi connectivity index (χ2v) is 5.45. The molecule has 2 aromatic carbocycles. The molecule has 0 radical (unpaired) electrons. The van der Waals surface area contributed by atoms with Gasteiger partial charge in [-0.05, 0) is 41.6 Å². The van der Waals surface area contributed by atoms with Crippen molar-refractivity contribution >= 4 is 0 Å². The van der Waals surface area contributed by atoms with E-state index in [1.807, 2.05) is 37.3 Å². The molecule has 4 aromatic rings. The summed E-state index contributed by atoms with van der Waals surface area (Å²) >= 11 is 0.